The highest BCUT2D eigenvalue weighted by atomic mass is 16.1. The van der Waals surface area contributed by atoms with E-state index in [-0.39, 0.29) is 18.0 Å². The summed E-state index contributed by atoms with van der Waals surface area (Å²) in [4.78, 5) is 24.4. The van der Waals surface area contributed by atoms with Crippen molar-refractivity contribution in [2.24, 2.45) is 7.05 Å². The number of hydrogen-bond acceptors (Lipinski definition) is 3. The SMILES string of the molecule is Cc1cc(C)c(C(=O)CC(=O)c2cnn(C)c2)c(C)c1. The van der Waals surface area contributed by atoms with Crippen LogP contribution in [0, 0.1) is 20.8 Å². The molecule has 0 aliphatic carbocycles. The summed E-state index contributed by atoms with van der Waals surface area (Å²) in [5.41, 5.74) is 4.10. The molecule has 0 fully saturated rings. The van der Waals surface area contributed by atoms with E-state index < -0.39 is 0 Å². The Labute approximate surface area is 118 Å². The van der Waals surface area contributed by atoms with Gasteiger partial charge in [-0.3, -0.25) is 14.3 Å². The van der Waals surface area contributed by atoms with Gasteiger partial charge >= 0.3 is 0 Å². The maximum Gasteiger partial charge on any atom is 0.173 e. The summed E-state index contributed by atoms with van der Waals surface area (Å²) in [7, 11) is 1.74. The number of ketones is 2. The van der Waals surface area contributed by atoms with E-state index >= 15 is 0 Å². The van der Waals surface area contributed by atoms with Crippen LogP contribution in [0.1, 0.15) is 43.8 Å². The second-order valence-electron chi connectivity index (χ2n) is 5.20. The summed E-state index contributed by atoms with van der Waals surface area (Å²) in [6, 6.07) is 3.93. The summed E-state index contributed by atoms with van der Waals surface area (Å²) < 4.78 is 1.56. The molecule has 0 aliphatic heterocycles. The van der Waals surface area contributed by atoms with Gasteiger partial charge in [-0.2, -0.15) is 5.10 Å². The van der Waals surface area contributed by atoms with Crippen molar-refractivity contribution in [1.29, 1.82) is 0 Å². The predicted molar refractivity (Wildman–Crippen MR) is 77.1 cm³/mol. The molecular weight excluding hydrogens is 252 g/mol. The van der Waals surface area contributed by atoms with Crippen molar-refractivity contribution >= 4 is 11.6 Å². The van der Waals surface area contributed by atoms with E-state index in [4.69, 9.17) is 0 Å². The molecular formula is C16H18N2O2. The molecule has 0 aliphatic rings. The molecule has 4 nitrogen and oxygen atoms in total. The van der Waals surface area contributed by atoms with Gasteiger partial charge < -0.3 is 0 Å². The highest BCUT2D eigenvalue weighted by molar-refractivity contribution is 6.14. The topological polar surface area (TPSA) is 52.0 Å². The molecule has 104 valence electrons. The van der Waals surface area contributed by atoms with Crippen LogP contribution in [0.25, 0.3) is 0 Å². The second kappa shape index (κ2) is 5.41. The molecule has 2 aromatic rings. The molecule has 1 aromatic heterocycles. The van der Waals surface area contributed by atoms with E-state index in [0.717, 1.165) is 16.7 Å². The van der Waals surface area contributed by atoms with Gasteiger partial charge in [0.15, 0.2) is 11.6 Å². The van der Waals surface area contributed by atoms with Crippen molar-refractivity contribution < 1.29 is 9.59 Å². The van der Waals surface area contributed by atoms with Crippen molar-refractivity contribution in [3.63, 3.8) is 0 Å². The Morgan fingerprint density at radius 2 is 1.70 bits per heavy atom. The average Bonchev–Trinajstić information content (AvgIpc) is 2.74. The lowest BCUT2D eigenvalue weighted by Gasteiger charge is -2.09. The standard InChI is InChI=1S/C16H18N2O2/c1-10-5-11(2)16(12(3)6-10)15(20)7-14(19)13-8-17-18(4)9-13/h5-6,8-9H,7H2,1-4H3. The zero-order valence-electron chi connectivity index (χ0n) is 12.2. The first-order valence-electron chi connectivity index (χ1n) is 6.51. The van der Waals surface area contributed by atoms with Crippen LogP contribution in [-0.2, 0) is 7.05 Å². The van der Waals surface area contributed by atoms with E-state index in [2.05, 4.69) is 5.10 Å². The van der Waals surface area contributed by atoms with Crippen LogP contribution in [0.2, 0.25) is 0 Å². The normalized spacial score (nSPS) is 10.6. The quantitative estimate of drug-likeness (QED) is 0.634. The number of Topliss-reactive ketones (excluding diaryl/α,β-unsaturated/α-hetero) is 2. The minimum Gasteiger partial charge on any atom is -0.294 e. The molecule has 0 atom stereocenters. The minimum absolute atomic E-state index is 0.115. The average molecular weight is 270 g/mol. The van der Waals surface area contributed by atoms with Gasteiger partial charge in [0.05, 0.1) is 18.2 Å². The van der Waals surface area contributed by atoms with Gasteiger partial charge in [-0.25, -0.2) is 0 Å². The molecule has 0 saturated heterocycles. The van der Waals surface area contributed by atoms with Crippen LogP contribution in [0.4, 0.5) is 0 Å². The third-order valence-corrected chi connectivity index (χ3v) is 3.30. The van der Waals surface area contributed by atoms with Crippen molar-refractivity contribution in [2.75, 3.05) is 0 Å². The largest absolute Gasteiger partial charge is 0.294 e. The minimum atomic E-state index is -0.192. The first kappa shape index (κ1) is 14.2. The molecule has 1 aromatic carbocycles. The Morgan fingerprint density at radius 1 is 1.10 bits per heavy atom. The van der Waals surface area contributed by atoms with Crippen LogP contribution in [0.15, 0.2) is 24.5 Å². The van der Waals surface area contributed by atoms with Crippen LogP contribution in [-0.4, -0.2) is 21.3 Å². The maximum absolute atomic E-state index is 12.3. The first-order valence-corrected chi connectivity index (χ1v) is 6.51. The molecule has 0 N–H and O–H groups in total. The number of hydrogen-bond donors (Lipinski definition) is 0. The fourth-order valence-corrected chi connectivity index (χ4v) is 2.52. The van der Waals surface area contributed by atoms with Gasteiger partial charge in [0.25, 0.3) is 0 Å². The fraction of sp³-hybridized carbons (Fsp3) is 0.312. The monoisotopic (exact) mass is 270 g/mol. The van der Waals surface area contributed by atoms with E-state index in [1.54, 1.807) is 17.9 Å². The molecule has 0 bridgehead atoms. The summed E-state index contributed by atoms with van der Waals surface area (Å²) in [6.07, 6.45) is 3.01. The van der Waals surface area contributed by atoms with Crippen LogP contribution < -0.4 is 0 Å². The number of carbonyl (C=O) groups is 2. The van der Waals surface area contributed by atoms with Crippen LogP contribution in [0.5, 0.6) is 0 Å². The Kier molecular flexibility index (Phi) is 3.84. The third kappa shape index (κ3) is 2.85. The molecule has 20 heavy (non-hydrogen) atoms. The Bertz CT molecular complexity index is 661. The second-order valence-corrected chi connectivity index (χ2v) is 5.20. The van der Waals surface area contributed by atoms with Crippen LogP contribution in [0.3, 0.4) is 0 Å². The smallest absolute Gasteiger partial charge is 0.173 e. The molecule has 2 rings (SSSR count). The van der Waals surface area contributed by atoms with Gasteiger partial charge in [-0.05, 0) is 31.9 Å². The maximum atomic E-state index is 12.3. The van der Waals surface area contributed by atoms with E-state index in [0.29, 0.717) is 11.1 Å². The van der Waals surface area contributed by atoms with Crippen molar-refractivity contribution in [2.45, 2.75) is 27.2 Å². The highest BCUT2D eigenvalue weighted by Crippen LogP contribution is 2.19. The van der Waals surface area contributed by atoms with Gasteiger partial charge in [0.2, 0.25) is 0 Å². The zero-order chi connectivity index (χ0) is 14.9. The van der Waals surface area contributed by atoms with Crippen molar-refractivity contribution in [3.05, 3.63) is 52.3 Å². The predicted octanol–water partition coefficient (Wildman–Crippen LogP) is 2.80. The van der Waals surface area contributed by atoms with Gasteiger partial charge in [-0.1, -0.05) is 17.7 Å². The van der Waals surface area contributed by atoms with Gasteiger partial charge in [0, 0.05) is 18.8 Å². The molecule has 4 heteroatoms. The summed E-state index contributed by atoms with van der Waals surface area (Å²) in [5, 5.41) is 3.95. The van der Waals surface area contributed by atoms with E-state index in [1.165, 1.54) is 6.20 Å². The number of nitrogens with zero attached hydrogens (tertiary/aromatic N) is 2. The number of aromatic nitrogens is 2. The van der Waals surface area contributed by atoms with Crippen LogP contribution >= 0.6 is 0 Å². The van der Waals surface area contributed by atoms with Gasteiger partial charge in [0.1, 0.15) is 0 Å². The summed E-state index contributed by atoms with van der Waals surface area (Å²) in [6.45, 7) is 5.80. The lowest BCUT2D eigenvalue weighted by Crippen LogP contribution is -2.11. The molecule has 0 radical (unpaired) electrons. The Morgan fingerprint density at radius 3 is 2.20 bits per heavy atom. The third-order valence-electron chi connectivity index (χ3n) is 3.30. The van der Waals surface area contributed by atoms with Crippen molar-refractivity contribution in [3.8, 4) is 0 Å². The molecule has 1 heterocycles. The highest BCUT2D eigenvalue weighted by Gasteiger charge is 2.18. The first-order chi connectivity index (χ1) is 9.38. The van der Waals surface area contributed by atoms with Crippen molar-refractivity contribution in [1.82, 2.24) is 9.78 Å². The summed E-state index contributed by atoms with van der Waals surface area (Å²) >= 11 is 0. The molecule has 0 unspecified atom stereocenters. The number of aryl methyl sites for hydroxylation is 4. The number of benzene rings is 1. The fourth-order valence-electron chi connectivity index (χ4n) is 2.52. The number of rotatable bonds is 4. The summed E-state index contributed by atoms with van der Waals surface area (Å²) in [5.74, 6) is -0.323. The lowest BCUT2D eigenvalue weighted by atomic mass is 9.93. The zero-order valence-corrected chi connectivity index (χ0v) is 12.2. The lowest BCUT2D eigenvalue weighted by molar-refractivity contribution is 0.0893. The van der Waals surface area contributed by atoms with Gasteiger partial charge in [-0.15, -0.1) is 0 Å². The molecule has 0 amide bonds. The van der Waals surface area contributed by atoms with E-state index in [9.17, 15) is 9.59 Å². The number of carbonyl (C=O) groups excluding carboxylic acids is 2. The molecule has 0 saturated carbocycles. The van der Waals surface area contributed by atoms with E-state index in [1.807, 2.05) is 32.9 Å². The Balaban J connectivity index is 2.23. The Hall–Kier alpha value is -2.23. The molecule has 0 spiro atoms.